The molecular weight excluding hydrogens is 416 g/mol. The number of ether oxygens (including phenoxy) is 1. The summed E-state index contributed by atoms with van der Waals surface area (Å²) in [6, 6.07) is 21.3. The Kier molecular flexibility index (Phi) is 6.01. The molecule has 1 unspecified atom stereocenters. The molecule has 2 heterocycles. The zero-order valence-electron chi connectivity index (χ0n) is 18.9. The highest BCUT2D eigenvalue weighted by Crippen LogP contribution is 2.42. The molecule has 1 atom stereocenters. The molecule has 168 valence electrons. The molecule has 0 saturated heterocycles. The molecule has 0 saturated carbocycles. The molecule has 3 aromatic rings. The van der Waals surface area contributed by atoms with Crippen molar-refractivity contribution in [3.63, 3.8) is 0 Å². The number of aromatic nitrogens is 1. The number of anilines is 1. The normalized spacial score (nSPS) is 16.3. The lowest BCUT2D eigenvalue weighted by Gasteiger charge is -2.28. The second kappa shape index (κ2) is 8.90. The fourth-order valence-corrected chi connectivity index (χ4v) is 3.77. The third-order valence-corrected chi connectivity index (χ3v) is 5.47. The number of hydrogen-bond donors (Lipinski definition) is 1. The number of Topliss-reactive ketones (excluding diaryl/α,β-unsaturated/α-hetero) is 1. The fraction of sp³-hybridized carbons (Fsp3) is 0.222. The zero-order chi connectivity index (χ0) is 23.6. The van der Waals surface area contributed by atoms with Crippen molar-refractivity contribution in [1.29, 1.82) is 0 Å². The van der Waals surface area contributed by atoms with Crippen molar-refractivity contribution >= 4 is 17.4 Å². The van der Waals surface area contributed by atoms with E-state index >= 15 is 0 Å². The largest absolute Gasteiger partial charge is 0.503 e. The number of nitrogens with zero attached hydrogens (tertiary/aromatic N) is 2. The summed E-state index contributed by atoms with van der Waals surface area (Å²) < 4.78 is 5.84. The maximum atomic E-state index is 13.2. The second-order valence-corrected chi connectivity index (χ2v) is 8.94. The number of amides is 1. The number of carbonyl (C=O) groups is 2. The van der Waals surface area contributed by atoms with Gasteiger partial charge in [-0.15, -0.1) is 0 Å². The molecule has 1 aliphatic rings. The van der Waals surface area contributed by atoms with Crippen molar-refractivity contribution in [3.8, 4) is 5.75 Å². The summed E-state index contributed by atoms with van der Waals surface area (Å²) in [6.45, 7) is 5.71. The number of ketones is 1. The van der Waals surface area contributed by atoms with Crippen molar-refractivity contribution in [3.05, 3.63) is 102 Å². The van der Waals surface area contributed by atoms with Crippen LogP contribution in [0.1, 0.15) is 38.1 Å². The van der Waals surface area contributed by atoms with Gasteiger partial charge < -0.3 is 9.84 Å². The van der Waals surface area contributed by atoms with Crippen molar-refractivity contribution in [2.75, 3.05) is 4.90 Å². The molecule has 4 rings (SSSR count). The number of carbonyl (C=O) groups excluding carboxylic acids is 2. The van der Waals surface area contributed by atoms with Gasteiger partial charge in [-0.2, -0.15) is 0 Å². The van der Waals surface area contributed by atoms with E-state index in [-0.39, 0.29) is 11.4 Å². The molecule has 6 nitrogen and oxygen atoms in total. The molecule has 1 aliphatic heterocycles. The first kappa shape index (κ1) is 22.3. The Morgan fingerprint density at radius 2 is 1.67 bits per heavy atom. The van der Waals surface area contributed by atoms with Gasteiger partial charge in [0.2, 0.25) is 0 Å². The Labute approximate surface area is 193 Å². The maximum Gasteiger partial charge on any atom is 0.294 e. The van der Waals surface area contributed by atoms with Crippen molar-refractivity contribution in [2.24, 2.45) is 5.41 Å². The van der Waals surface area contributed by atoms with Crippen LogP contribution in [0, 0.1) is 5.41 Å². The van der Waals surface area contributed by atoms with E-state index in [1.165, 1.54) is 4.90 Å². The number of aliphatic hydroxyl groups is 1. The molecule has 1 amide bonds. The molecule has 0 aliphatic carbocycles. The van der Waals surface area contributed by atoms with E-state index in [4.69, 9.17) is 4.74 Å². The van der Waals surface area contributed by atoms with Crippen molar-refractivity contribution < 1.29 is 19.4 Å². The van der Waals surface area contributed by atoms with Crippen LogP contribution in [0.4, 0.5) is 5.69 Å². The van der Waals surface area contributed by atoms with Gasteiger partial charge in [0.1, 0.15) is 18.4 Å². The number of rotatable bonds is 6. The monoisotopic (exact) mass is 442 g/mol. The lowest BCUT2D eigenvalue weighted by Crippen LogP contribution is -2.33. The van der Waals surface area contributed by atoms with Gasteiger partial charge in [-0.25, -0.2) is 0 Å². The average Bonchev–Trinajstić information content (AvgIpc) is 3.08. The molecule has 1 aromatic heterocycles. The van der Waals surface area contributed by atoms with Gasteiger partial charge in [-0.1, -0.05) is 57.2 Å². The molecule has 0 radical (unpaired) electrons. The van der Waals surface area contributed by atoms with Crippen molar-refractivity contribution in [2.45, 2.75) is 33.4 Å². The van der Waals surface area contributed by atoms with E-state index in [0.29, 0.717) is 23.7 Å². The molecule has 33 heavy (non-hydrogen) atoms. The lowest BCUT2D eigenvalue weighted by atomic mass is 9.83. The number of hydrogen-bond acceptors (Lipinski definition) is 5. The minimum atomic E-state index is -0.818. The third-order valence-electron chi connectivity index (χ3n) is 5.47. The van der Waals surface area contributed by atoms with E-state index in [1.807, 2.05) is 30.3 Å². The molecule has 0 bridgehead atoms. The van der Waals surface area contributed by atoms with E-state index in [2.05, 4.69) is 4.98 Å². The van der Waals surface area contributed by atoms with Crippen LogP contribution in [-0.2, 0) is 16.2 Å². The Balaban J connectivity index is 1.66. The van der Waals surface area contributed by atoms with E-state index in [0.717, 1.165) is 5.56 Å². The predicted octanol–water partition coefficient (Wildman–Crippen LogP) is 5.18. The summed E-state index contributed by atoms with van der Waals surface area (Å²) >= 11 is 0. The van der Waals surface area contributed by atoms with Crippen LogP contribution in [0.15, 0.2) is 90.3 Å². The number of benzene rings is 2. The summed E-state index contributed by atoms with van der Waals surface area (Å²) in [5.41, 5.74) is 1.38. The summed E-state index contributed by atoms with van der Waals surface area (Å²) in [6.07, 6.45) is 1.60. The highest BCUT2D eigenvalue weighted by atomic mass is 16.5. The quantitative estimate of drug-likeness (QED) is 0.569. The summed E-state index contributed by atoms with van der Waals surface area (Å²) in [5, 5.41) is 10.7. The molecule has 6 heteroatoms. The Morgan fingerprint density at radius 3 is 2.27 bits per heavy atom. The predicted molar refractivity (Wildman–Crippen MR) is 126 cm³/mol. The zero-order valence-corrected chi connectivity index (χ0v) is 18.9. The van der Waals surface area contributed by atoms with Gasteiger partial charge in [-0.05, 0) is 42.0 Å². The fourth-order valence-electron chi connectivity index (χ4n) is 3.77. The topological polar surface area (TPSA) is 79.7 Å². The Hall–Kier alpha value is -3.93. The summed E-state index contributed by atoms with van der Waals surface area (Å²) in [5.74, 6) is -0.813. The SMILES string of the molecule is CC(C)(C)C(=O)C1=C(O)C(=O)N(c2ccc(OCc3ccccc3)cc2)C1c1ccccn1. The first-order valence-corrected chi connectivity index (χ1v) is 10.8. The van der Waals surface area contributed by atoms with Gasteiger partial charge in [-0.3, -0.25) is 19.5 Å². The third kappa shape index (κ3) is 4.51. The molecule has 1 N–H and O–H groups in total. The van der Waals surface area contributed by atoms with Crippen LogP contribution in [0.3, 0.4) is 0 Å². The van der Waals surface area contributed by atoms with Crippen LogP contribution < -0.4 is 9.64 Å². The van der Waals surface area contributed by atoms with Crippen LogP contribution in [0.5, 0.6) is 5.75 Å². The van der Waals surface area contributed by atoms with Crippen LogP contribution in [-0.4, -0.2) is 21.8 Å². The maximum absolute atomic E-state index is 13.2. The van der Waals surface area contributed by atoms with Gasteiger partial charge in [0.15, 0.2) is 11.5 Å². The van der Waals surface area contributed by atoms with Crippen LogP contribution >= 0.6 is 0 Å². The summed E-state index contributed by atoms with van der Waals surface area (Å²) in [4.78, 5) is 32.1. The standard InChI is InChI=1S/C27H26N2O4/c1-27(2,3)25(31)22-23(21-11-7-8-16-28-21)29(26(32)24(22)30)19-12-14-20(15-13-19)33-17-18-9-5-4-6-10-18/h4-16,23,30H,17H2,1-3H3. The Bertz CT molecular complexity index is 1180. The molecule has 0 spiro atoms. The average molecular weight is 443 g/mol. The molecule has 0 fully saturated rings. The highest BCUT2D eigenvalue weighted by Gasteiger charge is 2.47. The second-order valence-electron chi connectivity index (χ2n) is 8.94. The van der Waals surface area contributed by atoms with Gasteiger partial charge >= 0.3 is 0 Å². The van der Waals surface area contributed by atoms with Gasteiger partial charge in [0.05, 0.1) is 11.3 Å². The molecular formula is C27H26N2O4. The first-order valence-electron chi connectivity index (χ1n) is 10.8. The van der Waals surface area contributed by atoms with Gasteiger partial charge in [0.25, 0.3) is 5.91 Å². The van der Waals surface area contributed by atoms with E-state index in [1.54, 1.807) is 69.4 Å². The smallest absolute Gasteiger partial charge is 0.294 e. The Morgan fingerprint density at radius 1 is 1.00 bits per heavy atom. The van der Waals surface area contributed by atoms with E-state index < -0.39 is 23.1 Å². The number of pyridine rings is 1. The van der Waals surface area contributed by atoms with E-state index in [9.17, 15) is 14.7 Å². The number of aliphatic hydroxyl groups excluding tert-OH is 1. The lowest BCUT2D eigenvalue weighted by molar-refractivity contribution is -0.123. The minimum Gasteiger partial charge on any atom is -0.503 e. The van der Waals surface area contributed by atoms with Crippen LogP contribution in [0.2, 0.25) is 0 Å². The van der Waals surface area contributed by atoms with Gasteiger partial charge in [0, 0.05) is 17.3 Å². The summed E-state index contributed by atoms with van der Waals surface area (Å²) in [7, 11) is 0. The minimum absolute atomic E-state index is 0.0654. The highest BCUT2D eigenvalue weighted by molar-refractivity contribution is 6.17. The van der Waals surface area contributed by atoms with Crippen molar-refractivity contribution in [1.82, 2.24) is 4.98 Å². The van der Waals surface area contributed by atoms with Crippen LogP contribution in [0.25, 0.3) is 0 Å². The molecule has 2 aromatic carbocycles. The first-order chi connectivity index (χ1) is 15.8.